The van der Waals surface area contributed by atoms with Crippen molar-refractivity contribution in [1.82, 2.24) is 5.32 Å². The monoisotopic (exact) mass is 472 g/mol. The van der Waals surface area contributed by atoms with Gasteiger partial charge in [-0.1, -0.05) is 25.1 Å². The third-order valence-corrected chi connectivity index (χ3v) is 5.15. The van der Waals surface area contributed by atoms with Crippen LogP contribution in [0.1, 0.15) is 25.0 Å². The smallest absolute Gasteiger partial charge is 0.335 e. The van der Waals surface area contributed by atoms with Crippen LogP contribution in [0, 0.1) is 0 Å². The zero-order valence-corrected chi connectivity index (χ0v) is 18.4. The number of carbonyl (C=O) groups excluding carboxylic acids is 3. The van der Waals surface area contributed by atoms with Crippen molar-refractivity contribution < 1.29 is 23.9 Å². The highest BCUT2D eigenvalue weighted by atomic mass is 79.9. The van der Waals surface area contributed by atoms with Crippen LogP contribution in [-0.4, -0.2) is 31.6 Å². The number of nitrogens with one attached hydrogen (secondary N) is 1. The zero-order chi connectivity index (χ0) is 21.8. The van der Waals surface area contributed by atoms with Crippen molar-refractivity contribution in [2.75, 3.05) is 18.6 Å². The van der Waals surface area contributed by atoms with Gasteiger partial charge in [-0.3, -0.25) is 14.9 Å². The third kappa shape index (κ3) is 4.09. The number of anilines is 1. The van der Waals surface area contributed by atoms with Gasteiger partial charge in [0.15, 0.2) is 11.5 Å². The van der Waals surface area contributed by atoms with Crippen LogP contribution in [-0.2, 0) is 16.0 Å². The van der Waals surface area contributed by atoms with E-state index < -0.39 is 17.8 Å². The molecule has 2 aromatic rings. The van der Waals surface area contributed by atoms with E-state index in [0.717, 1.165) is 10.5 Å². The van der Waals surface area contributed by atoms with Gasteiger partial charge in [0.25, 0.3) is 11.8 Å². The van der Waals surface area contributed by atoms with Crippen LogP contribution in [0.3, 0.4) is 0 Å². The SMILES string of the molecule is CCOc1cc(/C=C2/C(=O)NC(=O)N(c3ccccc3CC)C2=O)cc(Br)c1OC. The van der Waals surface area contributed by atoms with E-state index in [-0.39, 0.29) is 5.57 Å². The van der Waals surface area contributed by atoms with Crippen molar-refractivity contribution in [3.63, 3.8) is 0 Å². The minimum absolute atomic E-state index is 0.153. The Bertz CT molecular complexity index is 1050. The van der Waals surface area contributed by atoms with Gasteiger partial charge in [0.1, 0.15) is 5.57 Å². The number of barbiturate groups is 1. The lowest BCUT2D eigenvalue weighted by molar-refractivity contribution is -0.122. The standard InChI is InChI=1S/C22H21BrN2O5/c1-4-14-8-6-7-9-17(14)25-21(27)15(20(26)24-22(25)28)10-13-11-16(23)19(29-3)18(12-13)30-5-2/h6-12H,4-5H2,1-3H3,(H,24,26,28)/b15-10-. The van der Waals surface area contributed by atoms with Crippen LogP contribution in [0.5, 0.6) is 11.5 Å². The number of rotatable bonds is 6. The summed E-state index contributed by atoms with van der Waals surface area (Å²) in [6.45, 7) is 4.18. The second-order valence-electron chi connectivity index (χ2n) is 6.41. The first-order chi connectivity index (χ1) is 14.4. The molecule has 1 aliphatic rings. The fourth-order valence-corrected chi connectivity index (χ4v) is 3.82. The van der Waals surface area contributed by atoms with Gasteiger partial charge in [0, 0.05) is 0 Å². The summed E-state index contributed by atoms with van der Waals surface area (Å²) in [7, 11) is 1.52. The molecular weight excluding hydrogens is 452 g/mol. The Labute approximate surface area is 182 Å². The van der Waals surface area contributed by atoms with E-state index in [4.69, 9.17) is 9.47 Å². The number of imide groups is 2. The summed E-state index contributed by atoms with van der Waals surface area (Å²) >= 11 is 3.42. The van der Waals surface area contributed by atoms with Crippen molar-refractivity contribution >= 4 is 45.5 Å². The van der Waals surface area contributed by atoms with Gasteiger partial charge in [-0.15, -0.1) is 0 Å². The second kappa shape index (κ2) is 9.13. The Hall–Kier alpha value is -3.13. The number of halogens is 1. The quantitative estimate of drug-likeness (QED) is 0.505. The molecule has 0 saturated carbocycles. The Kier molecular flexibility index (Phi) is 6.56. The molecule has 0 spiro atoms. The zero-order valence-electron chi connectivity index (χ0n) is 16.8. The molecule has 1 aliphatic heterocycles. The number of urea groups is 1. The summed E-state index contributed by atoms with van der Waals surface area (Å²) in [6.07, 6.45) is 2.06. The molecular formula is C22H21BrN2O5. The van der Waals surface area contributed by atoms with Crippen LogP contribution < -0.4 is 19.7 Å². The maximum atomic E-state index is 13.1. The number of carbonyl (C=O) groups is 3. The number of amides is 4. The molecule has 0 aromatic heterocycles. The van der Waals surface area contributed by atoms with Gasteiger partial charge >= 0.3 is 6.03 Å². The van der Waals surface area contributed by atoms with E-state index in [1.54, 1.807) is 24.3 Å². The maximum absolute atomic E-state index is 13.1. The fraction of sp³-hybridized carbons (Fsp3) is 0.227. The largest absolute Gasteiger partial charge is 0.492 e. The summed E-state index contributed by atoms with van der Waals surface area (Å²) in [5.74, 6) is -0.462. The number of aryl methyl sites for hydroxylation is 1. The van der Waals surface area contributed by atoms with E-state index in [9.17, 15) is 14.4 Å². The Morgan fingerprint density at radius 3 is 2.53 bits per heavy atom. The molecule has 0 radical (unpaired) electrons. The Morgan fingerprint density at radius 1 is 1.13 bits per heavy atom. The molecule has 2 aromatic carbocycles. The van der Waals surface area contributed by atoms with Crippen molar-refractivity contribution in [1.29, 1.82) is 0 Å². The maximum Gasteiger partial charge on any atom is 0.335 e. The predicted octanol–water partition coefficient (Wildman–Crippen LogP) is 4.09. The number of nitrogens with zero attached hydrogens (tertiary/aromatic N) is 1. The highest BCUT2D eigenvalue weighted by molar-refractivity contribution is 9.10. The molecule has 0 aliphatic carbocycles. The molecule has 7 nitrogen and oxygen atoms in total. The number of methoxy groups -OCH3 is 1. The van der Waals surface area contributed by atoms with Crippen LogP contribution in [0.15, 0.2) is 46.4 Å². The highest BCUT2D eigenvalue weighted by Gasteiger charge is 2.37. The second-order valence-corrected chi connectivity index (χ2v) is 7.26. The molecule has 0 bridgehead atoms. The van der Waals surface area contributed by atoms with E-state index in [2.05, 4.69) is 21.2 Å². The average Bonchev–Trinajstić information content (AvgIpc) is 2.71. The van der Waals surface area contributed by atoms with Crippen LogP contribution >= 0.6 is 15.9 Å². The van der Waals surface area contributed by atoms with E-state index in [1.165, 1.54) is 13.2 Å². The predicted molar refractivity (Wildman–Crippen MR) is 117 cm³/mol. The molecule has 4 amide bonds. The average molecular weight is 473 g/mol. The lowest BCUT2D eigenvalue weighted by atomic mass is 10.0. The molecule has 156 valence electrons. The van der Waals surface area contributed by atoms with Crippen molar-refractivity contribution in [3.8, 4) is 11.5 Å². The molecule has 3 rings (SSSR count). The first-order valence-electron chi connectivity index (χ1n) is 9.40. The summed E-state index contributed by atoms with van der Waals surface area (Å²) in [4.78, 5) is 39.1. The molecule has 1 heterocycles. The number of benzene rings is 2. The first-order valence-corrected chi connectivity index (χ1v) is 10.2. The fourth-order valence-electron chi connectivity index (χ4n) is 3.20. The first kappa shape index (κ1) is 21.6. The van der Waals surface area contributed by atoms with Gasteiger partial charge in [0.2, 0.25) is 0 Å². The topological polar surface area (TPSA) is 84.9 Å². The van der Waals surface area contributed by atoms with Crippen LogP contribution in [0.2, 0.25) is 0 Å². The van der Waals surface area contributed by atoms with Gasteiger partial charge in [0.05, 0.1) is 23.9 Å². The lowest BCUT2D eigenvalue weighted by Gasteiger charge is -2.28. The number of para-hydroxylation sites is 1. The molecule has 0 unspecified atom stereocenters. The Morgan fingerprint density at radius 2 is 1.87 bits per heavy atom. The molecule has 1 N–H and O–H groups in total. The molecule has 1 saturated heterocycles. The lowest BCUT2D eigenvalue weighted by Crippen LogP contribution is -2.54. The van der Waals surface area contributed by atoms with E-state index >= 15 is 0 Å². The Balaban J connectivity index is 2.07. The number of hydrogen-bond acceptors (Lipinski definition) is 5. The summed E-state index contributed by atoms with van der Waals surface area (Å²) in [5, 5.41) is 2.25. The van der Waals surface area contributed by atoms with E-state index in [1.807, 2.05) is 26.0 Å². The minimum atomic E-state index is -0.769. The molecule has 0 atom stereocenters. The normalized spacial score (nSPS) is 15.4. The number of ether oxygens (including phenoxy) is 2. The molecule has 8 heteroatoms. The number of hydrogen-bond donors (Lipinski definition) is 1. The minimum Gasteiger partial charge on any atom is -0.492 e. The van der Waals surface area contributed by atoms with Gasteiger partial charge in [-0.25, -0.2) is 9.69 Å². The van der Waals surface area contributed by atoms with Crippen LogP contribution in [0.25, 0.3) is 6.08 Å². The summed E-state index contributed by atoms with van der Waals surface area (Å²) in [5.41, 5.74) is 1.66. The highest BCUT2D eigenvalue weighted by Crippen LogP contribution is 2.37. The van der Waals surface area contributed by atoms with Crippen molar-refractivity contribution in [3.05, 3.63) is 57.6 Å². The van der Waals surface area contributed by atoms with Gasteiger partial charge in [-0.05, 0) is 64.7 Å². The van der Waals surface area contributed by atoms with Crippen molar-refractivity contribution in [2.24, 2.45) is 0 Å². The summed E-state index contributed by atoms with van der Waals surface area (Å²) < 4.78 is 11.5. The van der Waals surface area contributed by atoms with Gasteiger partial charge in [-0.2, -0.15) is 0 Å². The summed E-state index contributed by atoms with van der Waals surface area (Å²) in [6, 6.07) is 9.70. The van der Waals surface area contributed by atoms with Crippen LogP contribution in [0.4, 0.5) is 10.5 Å². The molecule has 30 heavy (non-hydrogen) atoms. The van der Waals surface area contributed by atoms with Crippen molar-refractivity contribution in [2.45, 2.75) is 20.3 Å². The molecule has 1 fully saturated rings. The van der Waals surface area contributed by atoms with Gasteiger partial charge < -0.3 is 9.47 Å². The van der Waals surface area contributed by atoms with E-state index in [0.29, 0.717) is 40.3 Å². The third-order valence-electron chi connectivity index (χ3n) is 4.56.